The Morgan fingerprint density at radius 3 is 2.30 bits per heavy atom. The zero-order chi connectivity index (χ0) is 16.0. The van der Waals surface area contributed by atoms with Crippen molar-refractivity contribution >= 4 is 5.91 Å². The standard InChI is InChI=1S/C19H23NO3/c1-22-17-5-3-4-16(18(17)23-2)19(21)20-14-8-9-15(20)11-13(10-14)12-6-7-12/h3-5,14-15H,6-11H2,1-2H3. The van der Waals surface area contributed by atoms with E-state index in [1.807, 2.05) is 18.2 Å². The molecule has 3 aliphatic rings. The maximum atomic E-state index is 13.2. The van der Waals surface area contributed by atoms with Gasteiger partial charge >= 0.3 is 0 Å². The van der Waals surface area contributed by atoms with Crippen molar-refractivity contribution < 1.29 is 14.3 Å². The number of methoxy groups -OCH3 is 2. The first-order chi connectivity index (χ1) is 11.2. The van der Waals surface area contributed by atoms with Crippen LogP contribution in [0.5, 0.6) is 11.5 Å². The van der Waals surface area contributed by atoms with E-state index in [-0.39, 0.29) is 5.91 Å². The van der Waals surface area contributed by atoms with Crippen molar-refractivity contribution in [3.05, 3.63) is 34.9 Å². The Morgan fingerprint density at radius 1 is 1.04 bits per heavy atom. The summed E-state index contributed by atoms with van der Waals surface area (Å²) in [5.41, 5.74) is 3.92. The Balaban J connectivity index is 1.64. The number of amides is 1. The van der Waals surface area contributed by atoms with E-state index in [9.17, 15) is 4.79 Å². The number of fused-ring (bicyclic) bond motifs is 2. The molecule has 2 atom stereocenters. The van der Waals surface area contributed by atoms with Crippen molar-refractivity contribution in [3.8, 4) is 11.5 Å². The fourth-order valence-electron chi connectivity index (χ4n) is 4.25. The summed E-state index contributed by atoms with van der Waals surface area (Å²) < 4.78 is 10.8. The van der Waals surface area contributed by atoms with Crippen LogP contribution < -0.4 is 9.47 Å². The highest BCUT2D eigenvalue weighted by Crippen LogP contribution is 2.45. The van der Waals surface area contributed by atoms with E-state index in [1.54, 1.807) is 25.4 Å². The largest absolute Gasteiger partial charge is 0.493 e. The lowest BCUT2D eigenvalue weighted by molar-refractivity contribution is 0.0630. The summed E-state index contributed by atoms with van der Waals surface area (Å²) in [4.78, 5) is 15.3. The number of para-hydroxylation sites is 1. The predicted molar refractivity (Wildman–Crippen MR) is 88.0 cm³/mol. The topological polar surface area (TPSA) is 38.8 Å². The molecule has 0 spiro atoms. The molecule has 4 heteroatoms. The average Bonchev–Trinajstić information content (AvgIpc) is 3.39. The summed E-state index contributed by atoms with van der Waals surface area (Å²) in [7, 11) is 3.19. The molecular formula is C19H23NO3. The van der Waals surface area contributed by atoms with Gasteiger partial charge in [0.15, 0.2) is 11.5 Å². The van der Waals surface area contributed by atoms with Gasteiger partial charge in [-0.15, -0.1) is 0 Å². The van der Waals surface area contributed by atoms with Gasteiger partial charge in [-0.2, -0.15) is 0 Å². The molecule has 2 saturated heterocycles. The Hall–Kier alpha value is -1.97. The average molecular weight is 313 g/mol. The Bertz CT molecular complexity index is 657. The van der Waals surface area contributed by atoms with E-state index in [4.69, 9.17) is 9.47 Å². The normalized spacial score (nSPS) is 25.6. The number of benzene rings is 1. The zero-order valence-electron chi connectivity index (χ0n) is 13.8. The van der Waals surface area contributed by atoms with E-state index in [0.29, 0.717) is 29.1 Å². The predicted octanol–water partition coefficient (Wildman–Crippen LogP) is 3.56. The number of hydrogen-bond acceptors (Lipinski definition) is 3. The second-order valence-electron chi connectivity index (χ2n) is 6.75. The molecule has 2 aliphatic heterocycles. The van der Waals surface area contributed by atoms with Crippen molar-refractivity contribution in [2.24, 2.45) is 0 Å². The minimum absolute atomic E-state index is 0.0908. The molecule has 1 amide bonds. The van der Waals surface area contributed by atoms with Gasteiger partial charge in [-0.3, -0.25) is 4.79 Å². The molecule has 4 rings (SSSR count). The van der Waals surface area contributed by atoms with E-state index in [1.165, 1.54) is 12.8 Å². The van der Waals surface area contributed by atoms with Gasteiger partial charge in [-0.05, 0) is 50.7 Å². The summed E-state index contributed by atoms with van der Waals surface area (Å²) in [6, 6.07) is 6.26. The molecule has 0 N–H and O–H groups in total. The van der Waals surface area contributed by atoms with Crippen molar-refractivity contribution in [1.82, 2.24) is 4.90 Å². The third kappa shape index (κ3) is 2.41. The molecule has 0 aromatic heterocycles. The first-order valence-corrected chi connectivity index (χ1v) is 8.46. The van der Waals surface area contributed by atoms with Crippen LogP contribution in [0.25, 0.3) is 0 Å². The number of allylic oxidation sites excluding steroid dienone is 1. The second kappa shape index (κ2) is 5.59. The molecule has 1 saturated carbocycles. The van der Waals surface area contributed by atoms with Crippen LogP contribution in [0.2, 0.25) is 0 Å². The monoisotopic (exact) mass is 313 g/mol. The lowest BCUT2D eigenvalue weighted by Gasteiger charge is -2.36. The number of rotatable bonds is 3. The number of carbonyl (C=O) groups excluding carboxylic acids is 1. The van der Waals surface area contributed by atoms with E-state index < -0.39 is 0 Å². The summed E-state index contributed by atoms with van der Waals surface area (Å²) in [6.07, 6.45) is 6.96. The van der Waals surface area contributed by atoms with Gasteiger partial charge < -0.3 is 14.4 Å². The van der Waals surface area contributed by atoms with Crippen molar-refractivity contribution in [3.63, 3.8) is 0 Å². The lowest BCUT2D eigenvalue weighted by Crippen LogP contribution is -2.44. The molecule has 23 heavy (non-hydrogen) atoms. The fraction of sp³-hybridized carbons (Fsp3) is 0.526. The van der Waals surface area contributed by atoms with Gasteiger partial charge in [0, 0.05) is 12.1 Å². The lowest BCUT2D eigenvalue weighted by atomic mass is 9.95. The highest BCUT2D eigenvalue weighted by Gasteiger charge is 2.43. The molecule has 2 bridgehead atoms. The zero-order valence-corrected chi connectivity index (χ0v) is 13.8. The van der Waals surface area contributed by atoms with Crippen LogP contribution in [0.1, 0.15) is 48.9 Å². The van der Waals surface area contributed by atoms with Gasteiger partial charge in [-0.25, -0.2) is 0 Å². The maximum Gasteiger partial charge on any atom is 0.258 e. The van der Waals surface area contributed by atoms with Crippen LogP contribution in [0.3, 0.4) is 0 Å². The number of piperidine rings is 1. The number of nitrogens with zero attached hydrogens (tertiary/aromatic N) is 1. The quantitative estimate of drug-likeness (QED) is 0.801. The number of ether oxygens (including phenoxy) is 2. The van der Waals surface area contributed by atoms with Crippen LogP contribution in [0.15, 0.2) is 29.3 Å². The minimum Gasteiger partial charge on any atom is -0.493 e. The third-order valence-electron chi connectivity index (χ3n) is 5.45. The van der Waals surface area contributed by atoms with Gasteiger partial charge in [0.05, 0.1) is 19.8 Å². The smallest absolute Gasteiger partial charge is 0.258 e. The molecule has 1 aliphatic carbocycles. The Labute approximate surface area is 137 Å². The van der Waals surface area contributed by atoms with Crippen molar-refractivity contribution in [1.29, 1.82) is 0 Å². The molecule has 3 fully saturated rings. The first kappa shape index (κ1) is 14.6. The Morgan fingerprint density at radius 2 is 1.74 bits per heavy atom. The van der Waals surface area contributed by atoms with Crippen LogP contribution in [0.4, 0.5) is 0 Å². The summed E-state index contributed by atoms with van der Waals surface area (Å²) in [5.74, 6) is 1.25. The highest BCUT2D eigenvalue weighted by atomic mass is 16.5. The summed E-state index contributed by atoms with van der Waals surface area (Å²) in [5, 5.41) is 0. The highest BCUT2D eigenvalue weighted by molar-refractivity contribution is 5.98. The SMILES string of the molecule is COc1cccc(C(=O)N2C3CCC2CC(=C2CC2)C3)c1OC. The second-order valence-corrected chi connectivity index (χ2v) is 6.75. The van der Waals surface area contributed by atoms with Gasteiger partial charge in [-0.1, -0.05) is 17.2 Å². The van der Waals surface area contributed by atoms with Crippen molar-refractivity contribution in [2.45, 2.75) is 50.6 Å². The molecule has 2 heterocycles. The van der Waals surface area contributed by atoms with Crippen LogP contribution in [0, 0.1) is 0 Å². The molecule has 122 valence electrons. The van der Waals surface area contributed by atoms with Gasteiger partial charge in [0.25, 0.3) is 5.91 Å². The molecular weight excluding hydrogens is 290 g/mol. The minimum atomic E-state index is 0.0908. The number of carbonyl (C=O) groups is 1. The van der Waals surface area contributed by atoms with E-state index in [0.717, 1.165) is 25.7 Å². The van der Waals surface area contributed by atoms with Crippen LogP contribution in [-0.4, -0.2) is 37.1 Å². The Kier molecular flexibility index (Phi) is 3.55. The first-order valence-electron chi connectivity index (χ1n) is 8.46. The maximum absolute atomic E-state index is 13.2. The summed E-state index contributed by atoms with van der Waals surface area (Å²) >= 11 is 0. The number of hydrogen-bond donors (Lipinski definition) is 0. The third-order valence-corrected chi connectivity index (χ3v) is 5.45. The molecule has 4 nitrogen and oxygen atoms in total. The van der Waals surface area contributed by atoms with Crippen LogP contribution >= 0.6 is 0 Å². The van der Waals surface area contributed by atoms with Crippen molar-refractivity contribution in [2.75, 3.05) is 14.2 Å². The van der Waals surface area contributed by atoms with Gasteiger partial charge in [0.1, 0.15) is 0 Å². The fourth-order valence-corrected chi connectivity index (χ4v) is 4.25. The van der Waals surface area contributed by atoms with E-state index >= 15 is 0 Å². The van der Waals surface area contributed by atoms with E-state index in [2.05, 4.69) is 4.90 Å². The molecule has 0 radical (unpaired) electrons. The molecule has 2 unspecified atom stereocenters. The molecule has 1 aromatic carbocycles. The molecule has 1 aromatic rings. The van der Waals surface area contributed by atoms with Crippen LogP contribution in [-0.2, 0) is 0 Å². The van der Waals surface area contributed by atoms with Gasteiger partial charge in [0.2, 0.25) is 0 Å². The summed E-state index contributed by atoms with van der Waals surface area (Å²) in [6.45, 7) is 0.